The first-order chi connectivity index (χ1) is 22.7. The molecule has 3 rings (SSSR count). The molecule has 2 aliphatic rings. The van der Waals surface area contributed by atoms with Gasteiger partial charge >= 0.3 is 49.1 Å². The number of rotatable bonds is 11. The summed E-state index contributed by atoms with van der Waals surface area (Å²) >= 11 is 0. The molecule has 0 bridgehead atoms. The predicted octanol–water partition coefficient (Wildman–Crippen LogP) is -0.155. The van der Waals surface area contributed by atoms with Gasteiger partial charge in [0.15, 0.2) is 0 Å². The third kappa shape index (κ3) is 17.0. The molecule has 1 aromatic rings. The van der Waals surface area contributed by atoms with Crippen LogP contribution in [0.1, 0.15) is 89.1 Å². The molecule has 274 valence electrons. The second-order valence-corrected chi connectivity index (χ2v) is 12.6. The van der Waals surface area contributed by atoms with Gasteiger partial charge in [0.25, 0.3) is 23.8 Å². The van der Waals surface area contributed by atoms with Crippen molar-refractivity contribution in [2.75, 3.05) is 19.6 Å². The first-order valence-electron chi connectivity index (χ1n) is 15.9. The minimum absolute atomic E-state index is 0. The quantitative estimate of drug-likeness (QED) is 0.257. The minimum atomic E-state index is -4.54. The average molecular weight is 725 g/mol. The number of primary amides is 1. The van der Waals surface area contributed by atoms with Crippen LogP contribution in [-0.2, 0) is 44.1 Å². The van der Waals surface area contributed by atoms with Crippen LogP contribution in [-0.4, -0.2) is 85.4 Å². The van der Waals surface area contributed by atoms with Gasteiger partial charge in [-0.2, -0.15) is 13.2 Å². The van der Waals surface area contributed by atoms with Crippen LogP contribution < -0.4 is 45.9 Å². The standard InChI is InChI=1S/C25H35F3N4O4.C6H10BO6.Na/c1-24(2,36-23(29)35)13-16-6-8-20(9-7-16)32-11-10-19(15-32)31-21(33)14-30-22(34)17-4-3-5-18(12-17)25(26,27)28;1-4(8)11-7(12-5(2)9)13-6(3)10;/h3-5,12,16,19-20H,6-11,13-15H2,1-2H3,(H2,29,35)(H,30,34)(H,31,33);7H,1-3H3;/q;-1;+1/t16?,19-,20?;;/m1../s1. The van der Waals surface area contributed by atoms with Crippen molar-refractivity contribution in [2.24, 2.45) is 11.7 Å². The van der Waals surface area contributed by atoms with Crippen LogP contribution in [0.15, 0.2) is 24.3 Å². The Hall–Kier alpha value is -3.35. The summed E-state index contributed by atoms with van der Waals surface area (Å²) in [7, 11) is -2.41. The van der Waals surface area contributed by atoms with E-state index in [9.17, 15) is 41.9 Å². The molecule has 1 atom stereocenters. The zero-order valence-corrected chi connectivity index (χ0v) is 31.4. The molecule has 0 radical (unpaired) electrons. The van der Waals surface area contributed by atoms with Crippen LogP contribution in [0, 0.1) is 5.92 Å². The topological polar surface area (TPSA) is 193 Å². The van der Waals surface area contributed by atoms with Crippen molar-refractivity contribution in [3.63, 3.8) is 0 Å². The number of alkyl halides is 3. The summed E-state index contributed by atoms with van der Waals surface area (Å²) in [5, 5.41) is 5.30. The van der Waals surface area contributed by atoms with E-state index in [1.807, 2.05) is 13.8 Å². The van der Waals surface area contributed by atoms with Crippen LogP contribution in [0.2, 0.25) is 0 Å². The van der Waals surface area contributed by atoms with E-state index in [-0.39, 0.29) is 53.6 Å². The number of carbonyl (C=O) groups excluding carboxylic acids is 6. The number of hydrogen-bond acceptors (Lipinski definition) is 11. The number of likely N-dealkylation sites (tertiary alicyclic amines) is 1. The molecule has 19 heteroatoms. The zero-order chi connectivity index (χ0) is 36.9. The summed E-state index contributed by atoms with van der Waals surface area (Å²) < 4.78 is 57.0. The van der Waals surface area contributed by atoms with E-state index in [0.29, 0.717) is 12.0 Å². The maximum absolute atomic E-state index is 12.8. The summed E-state index contributed by atoms with van der Waals surface area (Å²) in [6, 6.07) is 4.49. The molecule has 1 heterocycles. The summed E-state index contributed by atoms with van der Waals surface area (Å²) in [5.74, 6) is -2.67. The largest absolute Gasteiger partial charge is 1.00 e. The smallest absolute Gasteiger partial charge is 0.625 e. The van der Waals surface area contributed by atoms with Crippen molar-refractivity contribution >= 4 is 43.1 Å². The Balaban J connectivity index is 0.000000760. The fraction of sp³-hybridized carbons (Fsp3) is 0.613. The zero-order valence-electron chi connectivity index (χ0n) is 29.4. The second-order valence-electron chi connectivity index (χ2n) is 12.6. The number of nitrogens with two attached hydrogens (primary N) is 1. The Morgan fingerprint density at radius 3 is 1.98 bits per heavy atom. The van der Waals surface area contributed by atoms with E-state index in [2.05, 4.69) is 29.5 Å². The van der Waals surface area contributed by atoms with E-state index >= 15 is 0 Å². The average Bonchev–Trinajstić information content (AvgIpc) is 3.42. The molecule has 1 saturated heterocycles. The van der Waals surface area contributed by atoms with E-state index < -0.39 is 54.6 Å². The third-order valence-electron chi connectivity index (χ3n) is 7.90. The first kappa shape index (κ1) is 44.7. The van der Waals surface area contributed by atoms with Gasteiger partial charge in [-0.05, 0) is 76.5 Å². The molecule has 3 amide bonds. The van der Waals surface area contributed by atoms with Crippen molar-refractivity contribution in [2.45, 2.75) is 97.0 Å². The van der Waals surface area contributed by atoms with Crippen LogP contribution >= 0.6 is 0 Å². The SMILES string of the molecule is CC(=O)O[BH-](OC(C)=O)OC(C)=O.CC(C)(CC1CCC(N2CC[C@@H](NC(=O)CNC(=O)c3cccc(C(F)(F)F)c3)C2)CC1)OC(N)=O.[Na+]. The van der Waals surface area contributed by atoms with Gasteiger partial charge < -0.3 is 35.1 Å². The number of ether oxygens (including phenoxy) is 1. The number of benzene rings is 1. The predicted molar refractivity (Wildman–Crippen MR) is 169 cm³/mol. The molecule has 0 aromatic heterocycles. The molecular formula is C31H45BF3N4NaO10. The van der Waals surface area contributed by atoms with Crippen molar-refractivity contribution < 1.29 is 90.2 Å². The molecule has 0 unspecified atom stereocenters. The van der Waals surface area contributed by atoms with Crippen molar-refractivity contribution in [1.29, 1.82) is 0 Å². The van der Waals surface area contributed by atoms with Gasteiger partial charge in [0.2, 0.25) is 5.91 Å². The van der Waals surface area contributed by atoms with Gasteiger partial charge in [-0.25, -0.2) is 4.79 Å². The van der Waals surface area contributed by atoms with Crippen LogP contribution in [0.4, 0.5) is 18.0 Å². The molecule has 0 spiro atoms. The fourth-order valence-corrected chi connectivity index (χ4v) is 5.92. The Labute approximate surface area is 311 Å². The Bertz CT molecular complexity index is 1310. The molecular weight excluding hydrogens is 679 g/mol. The summed E-state index contributed by atoms with van der Waals surface area (Å²) in [5.41, 5.74) is 3.52. The molecule has 14 nitrogen and oxygen atoms in total. The van der Waals surface area contributed by atoms with Crippen LogP contribution in [0.3, 0.4) is 0 Å². The number of hydrogen-bond donors (Lipinski definition) is 3. The normalized spacial score (nSPS) is 19.1. The van der Waals surface area contributed by atoms with E-state index in [0.717, 1.165) is 90.6 Å². The van der Waals surface area contributed by atoms with Crippen molar-refractivity contribution in [3.05, 3.63) is 35.4 Å². The number of halogens is 3. The monoisotopic (exact) mass is 724 g/mol. The molecule has 1 aliphatic heterocycles. The summed E-state index contributed by atoms with van der Waals surface area (Å²) in [6.45, 7) is 8.39. The van der Waals surface area contributed by atoms with Gasteiger partial charge in [0.05, 0.1) is 12.1 Å². The van der Waals surface area contributed by atoms with E-state index in [1.54, 1.807) is 0 Å². The first-order valence-corrected chi connectivity index (χ1v) is 15.9. The van der Waals surface area contributed by atoms with Crippen molar-refractivity contribution in [1.82, 2.24) is 15.5 Å². The molecule has 1 saturated carbocycles. The van der Waals surface area contributed by atoms with E-state index in [1.165, 1.54) is 6.07 Å². The van der Waals surface area contributed by atoms with Gasteiger partial charge in [0.1, 0.15) is 5.60 Å². The molecule has 1 aliphatic carbocycles. The molecule has 2 fully saturated rings. The van der Waals surface area contributed by atoms with Crippen molar-refractivity contribution in [3.8, 4) is 0 Å². The Morgan fingerprint density at radius 2 is 1.48 bits per heavy atom. The Morgan fingerprint density at radius 1 is 0.920 bits per heavy atom. The van der Waals surface area contributed by atoms with Gasteiger partial charge in [-0.1, -0.05) is 6.07 Å². The second kappa shape index (κ2) is 20.5. The fourth-order valence-electron chi connectivity index (χ4n) is 5.92. The van der Waals surface area contributed by atoms with Crippen LogP contribution in [0.25, 0.3) is 0 Å². The third-order valence-corrected chi connectivity index (χ3v) is 7.90. The molecule has 50 heavy (non-hydrogen) atoms. The summed E-state index contributed by atoms with van der Waals surface area (Å²) in [4.78, 5) is 69.3. The van der Waals surface area contributed by atoms with Crippen LogP contribution in [0.5, 0.6) is 0 Å². The number of nitrogens with one attached hydrogen (secondary N) is 2. The maximum Gasteiger partial charge on any atom is 1.00 e. The Kier molecular flexibility index (Phi) is 18.3. The minimum Gasteiger partial charge on any atom is -0.625 e. The molecule has 1 aromatic carbocycles. The van der Waals surface area contributed by atoms with Gasteiger partial charge in [-0.3, -0.25) is 28.9 Å². The van der Waals surface area contributed by atoms with Gasteiger partial charge in [0, 0.05) is 51.5 Å². The number of amides is 3. The van der Waals surface area contributed by atoms with E-state index in [4.69, 9.17) is 10.5 Å². The number of carbonyl (C=O) groups is 6. The summed E-state index contributed by atoms with van der Waals surface area (Å²) in [6.07, 6.45) is 0.401. The number of nitrogens with zero attached hydrogens (tertiary/aromatic N) is 1. The molecule has 4 N–H and O–H groups in total. The van der Waals surface area contributed by atoms with Gasteiger partial charge in [-0.15, -0.1) is 0 Å². The maximum atomic E-state index is 12.8.